The maximum absolute atomic E-state index is 12.5. The first-order valence-electron chi connectivity index (χ1n) is 7.36. The van der Waals surface area contributed by atoms with Crippen molar-refractivity contribution < 1.29 is 18.1 Å². The second-order valence-corrected chi connectivity index (χ2v) is 6.81. The Morgan fingerprint density at radius 3 is 2.42 bits per heavy atom. The summed E-state index contributed by atoms with van der Waals surface area (Å²) in [5.41, 5.74) is 0.395. The molecule has 0 aliphatic carbocycles. The fourth-order valence-electron chi connectivity index (χ4n) is 2.26. The van der Waals surface area contributed by atoms with Crippen molar-refractivity contribution in [2.75, 3.05) is 0 Å². The average Bonchev–Trinajstić information content (AvgIpc) is 2.88. The monoisotopic (exact) mass is 374 g/mol. The highest BCUT2D eigenvalue weighted by atomic mass is 32.2. The van der Waals surface area contributed by atoms with E-state index in [1.54, 1.807) is 31.2 Å². The van der Waals surface area contributed by atoms with E-state index in [2.05, 4.69) is 15.3 Å². The summed E-state index contributed by atoms with van der Waals surface area (Å²) in [6.07, 6.45) is 0. The largest absolute Gasteiger partial charge is 0.506 e. The van der Waals surface area contributed by atoms with Crippen LogP contribution in [0.3, 0.4) is 0 Å². The molecule has 0 amide bonds. The van der Waals surface area contributed by atoms with Crippen LogP contribution in [-0.4, -0.2) is 27.9 Å². The molecule has 0 unspecified atom stereocenters. The number of benzene rings is 2. The number of rotatable bonds is 4. The number of hydrogen-bond acceptors (Lipinski definition) is 6. The van der Waals surface area contributed by atoms with Crippen molar-refractivity contribution in [1.82, 2.24) is 9.78 Å². The van der Waals surface area contributed by atoms with Crippen molar-refractivity contribution in [3.63, 3.8) is 0 Å². The summed E-state index contributed by atoms with van der Waals surface area (Å²) in [4.78, 5) is 12.1. The smallest absolute Gasteiger partial charge is 0.299 e. The van der Waals surface area contributed by atoms with Crippen molar-refractivity contribution in [2.24, 2.45) is 10.2 Å². The van der Waals surface area contributed by atoms with Gasteiger partial charge < -0.3 is 5.11 Å². The van der Waals surface area contributed by atoms with Gasteiger partial charge in [0.15, 0.2) is 5.69 Å². The van der Waals surface area contributed by atoms with Crippen molar-refractivity contribution in [1.29, 1.82) is 0 Å². The van der Waals surface area contributed by atoms with Crippen LogP contribution in [0.2, 0.25) is 0 Å². The second kappa shape index (κ2) is 6.58. The number of nitrogens with zero attached hydrogens (tertiary/aromatic N) is 3. The van der Waals surface area contributed by atoms with Gasteiger partial charge >= 0.3 is 0 Å². The molecule has 10 heteroatoms. The maximum atomic E-state index is 12.5. The molecular weight excluding hydrogens is 360 g/mol. The van der Waals surface area contributed by atoms with Crippen molar-refractivity contribution in [3.8, 4) is 11.4 Å². The van der Waals surface area contributed by atoms with E-state index >= 15 is 0 Å². The van der Waals surface area contributed by atoms with Crippen LogP contribution in [0.25, 0.3) is 5.69 Å². The molecule has 26 heavy (non-hydrogen) atoms. The summed E-state index contributed by atoms with van der Waals surface area (Å²) in [5, 5.41) is 20.2. The van der Waals surface area contributed by atoms with E-state index in [1.807, 2.05) is 6.07 Å². The van der Waals surface area contributed by atoms with Gasteiger partial charge in [-0.3, -0.25) is 14.4 Å². The van der Waals surface area contributed by atoms with Gasteiger partial charge in [-0.05, 0) is 37.3 Å². The number of nitrogens with one attached hydrogen (secondary N) is 1. The Kier molecular flexibility index (Phi) is 4.45. The lowest BCUT2D eigenvalue weighted by Crippen LogP contribution is -2.13. The Labute approximate surface area is 148 Å². The quantitative estimate of drug-likeness (QED) is 0.476. The standard InChI is InChI=1S/C16H14N4O5S/c1-10-15(16(22)20(19-10)11-5-3-2-4-6-11)18-17-13-9-12(26(23,24)25)7-8-14(13)21/h2-9,19,21H,1H3,(H,23,24,25). The van der Waals surface area contributed by atoms with Crippen LogP contribution in [0.5, 0.6) is 5.75 Å². The summed E-state index contributed by atoms with van der Waals surface area (Å²) in [6.45, 7) is 1.63. The van der Waals surface area contributed by atoms with Gasteiger partial charge in [0.2, 0.25) is 0 Å². The highest BCUT2D eigenvalue weighted by molar-refractivity contribution is 7.85. The first kappa shape index (κ1) is 17.6. The number of phenols is 1. The fourth-order valence-corrected chi connectivity index (χ4v) is 2.76. The Bertz CT molecular complexity index is 1150. The molecule has 0 aliphatic rings. The number of azo groups is 1. The lowest BCUT2D eigenvalue weighted by Gasteiger charge is -2.00. The fraction of sp³-hybridized carbons (Fsp3) is 0.0625. The third-order valence-electron chi connectivity index (χ3n) is 3.56. The van der Waals surface area contributed by atoms with E-state index in [9.17, 15) is 18.3 Å². The van der Waals surface area contributed by atoms with E-state index in [-0.39, 0.29) is 17.1 Å². The normalized spacial score (nSPS) is 11.9. The first-order valence-corrected chi connectivity index (χ1v) is 8.80. The van der Waals surface area contributed by atoms with E-state index in [4.69, 9.17) is 4.55 Å². The number of aryl methyl sites for hydroxylation is 1. The molecule has 1 aromatic heterocycles. The molecule has 3 aromatic rings. The third-order valence-corrected chi connectivity index (χ3v) is 4.41. The Hall–Kier alpha value is -3.24. The van der Waals surface area contributed by atoms with Gasteiger partial charge in [0, 0.05) is 0 Å². The van der Waals surface area contributed by atoms with Crippen LogP contribution in [0.1, 0.15) is 5.69 Å². The maximum Gasteiger partial charge on any atom is 0.299 e. The SMILES string of the molecule is Cc1[nH]n(-c2ccccc2)c(=O)c1N=Nc1cc(S(=O)(=O)O)ccc1O. The zero-order chi connectivity index (χ0) is 18.9. The molecule has 3 rings (SSSR count). The summed E-state index contributed by atoms with van der Waals surface area (Å²) in [6, 6.07) is 11.9. The number of hydrogen-bond donors (Lipinski definition) is 3. The molecule has 2 aromatic carbocycles. The van der Waals surface area contributed by atoms with Gasteiger partial charge in [0.1, 0.15) is 11.4 Å². The zero-order valence-corrected chi connectivity index (χ0v) is 14.3. The predicted molar refractivity (Wildman–Crippen MR) is 93.2 cm³/mol. The van der Waals surface area contributed by atoms with Gasteiger partial charge in [-0.1, -0.05) is 18.2 Å². The van der Waals surface area contributed by atoms with Crippen LogP contribution in [0.4, 0.5) is 11.4 Å². The second-order valence-electron chi connectivity index (χ2n) is 5.39. The molecule has 1 heterocycles. The Balaban J connectivity index is 2.03. The van der Waals surface area contributed by atoms with Gasteiger partial charge in [-0.25, -0.2) is 4.68 Å². The summed E-state index contributed by atoms with van der Waals surface area (Å²) in [7, 11) is -4.46. The number of aromatic nitrogens is 2. The predicted octanol–water partition coefficient (Wildman–Crippen LogP) is 2.84. The zero-order valence-electron chi connectivity index (χ0n) is 13.5. The van der Waals surface area contributed by atoms with Crippen LogP contribution in [0.15, 0.2) is 68.4 Å². The van der Waals surface area contributed by atoms with Crippen molar-refractivity contribution >= 4 is 21.5 Å². The first-order chi connectivity index (χ1) is 12.3. The lowest BCUT2D eigenvalue weighted by molar-refractivity contribution is 0.473. The molecule has 0 aliphatic heterocycles. The molecule has 0 fully saturated rings. The van der Waals surface area contributed by atoms with Gasteiger partial charge in [0.25, 0.3) is 15.7 Å². The number of H-pyrrole nitrogens is 1. The molecule has 0 saturated heterocycles. The van der Waals surface area contributed by atoms with Crippen molar-refractivity contribution in [3.05, 3.63) is 64.6 Å². The van der Waals surface area contributed by atoms with E-state index in [0.29, 0.717) is 11.4 Å². The van der Waals surface area contributed by atoms with Gasteiger partial charge in [-0.15, -0.1) is 10.2 Å². The van der Waals surface area contributed by atoms with Crippen LogP contribution in [0, 0.1) is 6.92 Å². The Morgan fingerprint density at radius 1 is 1.08 bits per heavy atom. The number of para-hydroxylation sites is 1. The molecule has 9 nitrogen and oxygen atoms in total. The highest BCUT2D eigenvalue weighted by Gasteiger charge is 2.14. The Morgan fingerprint density at radius 2 is 1.77 bits per heavy atom. The highest BCUT2D eigenvalue weighted by Crippen LogP contribution is 2.30. The van der Waals surface area contributed by atoms with Crippen LogP contribution < -0.4 is 5.56 Å². The van der Waals surface area contributed by atoms with E-state index in [1.165, 1.54) is 4.68 Å². The van der Waals surface area contributed by atoms with E-state index < -0.39 is 20.6 Å². The molecule has 0 atom stereocenters. The molecule has 3 N–H and O–H groups in total. The molecule has 0 bridgehead atoms. The summed E-state index contributed by atoms with van der Waals surface area (Å²) < 4.78 is 32.7. The number of aromatic amines is 1. The summed E-state index contributed by atoms with van der Waals surface area (Å²) >= 11 is 0. The topological polar surface area (TPSA) is 137 Å². The minimum atomic E-state index is -4.46. The van der Waals surface area contributed by atoms with Crippen molar-refractivity contribution in [2.45, 2.75) is 11.8 Å². The minimum Gasteiger partial charge on any atom is -0.506 e. The number of phenolic OH excluding ortho intramolecular Hbond substituents is 1. The average molecular weight is 374 g/mol. The molecule has 0 saturated carbocycles. The molecule has 0 spiro atoms. The summed E-state index contributed by atoms with van der Waals surface area (Å²) in [5.74, 6) is -0.349. The molecule has 134 valence electrons. The van der Waals surface area contributed by atoms with Gasteiger partial charge in [-0.2, -0.15) is 8.42 Å². The van der Waals surface area contributed by atoms with Crippen LogP contribution >= 0.6 is 0 Å². The third kappa shape index (κ3) is 3.41. The van der Waals surface area contributed by atoms with Gasteiger partial charge in [0.05, 0.1) is 16.3 Å². The number of aromatic hydroxyl groups is 1. The molecule has 0 radical (unpaired) electrons. The van der Waals surface area contributed by atoms with Crippen LogP contribution in [-0.2, 0) is 10.1 Å². The lowest BCUT2D eigenvalue weighted by atomic mass is 10.3. The minimum absolute atomic E-state index is 0.00510. The van der Waals surface area contributed by atoms with E-state index in [0.717, 1.165) is 18.2 Å². The molecular formula is C16H14N4O5S.